The van der Waals surface area contributed by atoms with Crippen molar-refractivity contribution in [1.82, 2.24) is 14.9 Å². The average Bonchev–Trinajstić information content (AvgIpc) is 2.92. The minimum atomic E-state index is -0.863. The van der Waals surface area contributed by atoms with E-state index in [1.54, 1.807) is 17.0 Å². The Hall–Kier alpha value is -4.49. The molecule has 1 fully saturated rings. The number of piperidine rings is 1. The molecule has 0 bridgehead atoms. The van der Waals surface area contributed by atoms with Gasteiger partial charge in [-0.15, -0.1) is 0 Å². The number of primary amides is 1. The normalized spacial score (nSPS) is 13.8. The minimum absolute atomic E-state index is 0.0834. The smallest absolute Gasteiger partial charge is 0.410 e. The van der Waals surface area contributed by atoms with Crippen LogP contribution in [0.4, 0.5) is 25.4 Å². The highest BCUT2D eigenvalue weighted by Crippen LogP contribution is 2.30. The number of aliphatic hydroxyl groups excluding tert-OH is 1. The summed E-state index contributed by atoms with van der Waals surface area (Å²) < 4.78 is 19.3. The predicted octanol–water partition coefficient (Wildman–Crippen LogP) is 4.84. The number of rotatable bonds is 4. The molecule has 0 aliphatic carbocycles. The van der Waals surface area contributed by atoms with E-state index in [-0.39, 0.29) is 17.3 Å². The molecule has 3 heterocycles. The topological polar surface area (TPSA) is 122 Å². The number of hydrogen-bond acceptors (Lipinski definition) is 6. The van der Waals surface area contributed by atoms with Crippen LogP contribution >= 0.6 is 0 Å². The van der Waals surface area contributed by atoms with Gasteiger partial charge in [-0.2, -0.15) is 4.39 Å². The molecule has 0 saturated carbocycles. The van der Waals surface area contributed by atoms with Crippen LogP contribution in [-0.2, 0) is 11.3 Å². The van der Waals surface area contributed by atoms with Gasteiger partial charge in [-0.25, -0.2) is 19.6 Å². The van der Waals surface area contributed by atoms with E-state index < -0.39 is 24.2 Å². The number of pyridine rings is 2. The number of nitrogens with two attached hydrogens (primary N) is 1. The molecule has 0 radical (unpaired) electrons. The van der Waals surface area contributed by atoms with Crippen LogP contribution in [-0.4, -0.2) is 50.8 Å². The van der Waals surface area contributed by atoms with Crippen molar-refractivity contribution in [2.24, 2.45) is 5.73 Å². The maximum atomic E-state index is 13.8. The van der Waals surface area contributed by atoms with Gasteiger partial charge in [0.2, 0.25) is 5.95 Å². The molecule has 1 saturated heterocycles. The average molecular weight is 546 g/mol. The van der Waals surface area contributed by atoms with Crippen LogP contribution in [0.1, 0.15) is 61.9 Å². The molecule has 2 aromatic heterocycles. The van der Waals surface area contributed by atoms with Crippen molar-refractivity contribution in [2.45, 2.75) is 51.7 Å². The van der Waals surface area contributed by atoms with Gasteiger partial charge in [0.15, 0.2) is 0 Å². The molecule has 4 rings (SSSR count). The van der Waals surface area contributed by atoms with Crippen molar-refractivity contribution in [2.75, 3.05) is 18.0 Å². The van der Waals surface area contributed by atoms with E-state index in [1.165, 1.54) is 11.8 Å². The van der Waals surface area contributed by atoms with Gasteiger partial charge in [-0.05, 0) is 75.3 Å². The Morgan fingerprint density at radius 3 is 2.45 bits per heavy atom. The van der Waals surface area contributed by atoms with E-state index in [0.717, 1.165) is 35.6 Å². The molecule has 3 aromatic rings. The molecule has 1 aliphatic rings. The SMILES string of the molecule is CC(C)(C)OC(=O)N1CCC(c2ccc(C#Cc3cc(N(C(N)=O)c4cc(F)ncc4CO)ccn3)cc2)CC1. The summed E-state index contributed by atoms with van der Waals surface area (Å²) >= 11 is 0. The number of benzene rings is 1. The Bertz CT molecular complexity index is 1430. The lowest BCUT2D eigenvalue weighted by Gasteiger charge is -2.33. The molecule has 40 heavy (non-hydrogen) atoms. The first-order valence-corrected chi connectivity index (χ1v) is 12.9. The number of aliphatic hydroxyl groups is 1. The number of likely N-dealkylation sites (tertiary alicyclic amines) is 1. The summed E-state index contributed by atoms with van der Waals surface area (Å²) in [5.74, 6) is 5.60. The fourth-order valence-corrected chi connectivity index (χ4v) is 4.49. The number of hydrogen-bond donors (Lipinski definition) is 2. The first-order chi connectivity index (χ1) is 19.0. The number of carbonyl (C=O) groups is 2. The summed E-state index contributed by atoms with van der Waals surface area (Å²) in [7, 11) is 0. The number of amides is 3. The molecular weight excluding hydrogens is 513 g/mol. The van der Waals surface area contributed by atoms with E-state index in [0.29, 0.717) is 30.4 Å². The van der Waals surface area contributed by atoms with E-state index in [4.69, 9.17) is 10.5 Å². The lowest BCUT2D eigenvalue weighted by Crippen LogP contribution is -2.41. The van der Waals surface area contributed by atoms with Crippen molar-refractivity contribution in [1.29, 1.82) is 0 Å². The van der Waals surface area contributed by atoms with Gasteiger partial charge in [0.05, 0.1) is 18.0 Å². The predicted molar refractivity (Wildman–Crippen MR) is 148 cm³/mol. The molecule has 3 amide bonds. The molecule has 0 atom stereocenters. The first-order valence-electron chi connectivity index (χ1n) is 12.9. The summed E-state index contributed by atoms with van der Waals surface area (Å²) in [5, 5.41) is 9.63. The van der Waals surface area contributed by atoms with Crippen LogP contribution in [0, 0.1) is 17.8 Å². The van der Waals surface area contributed by atoms with Crippen molar-refractivity contribution >= 4 is 23.5 Å². The minimum Gasteiger partial charge on any atom is -0.444 e. The zero-order valence-electron chi connectivity index (χ0n) is 22.7. The second kappa shape index (κ2) is 12.1. The molecule has 3 N–H and O–H groups in total. The first kappa shape index (κ1) is 28.5. The molecule has 0 unspecified atom stereocenters. The highest BCUT2D eigenvalue weighted by Gasteiger charge is 2.27. The third-order valence-electron chi connectivity index (χ3n) is 6.43. The van der Waals surface area contributed by atoms with Crippen molar-refractivity contribution in [3.8, 4) is 11.8 Å². The summed E-state index contributed by atoms with van der Waals surface area (Å²) in [6.45, 7) is 6.44. The number of anilines is 2. The van der Waals surface area contributed by atoms with Crippen LogP contribution < -0.4 is 10.6 Å². The van der Waals surface area contributed by atoms with Gasteiger partial charge in [0.1, 0.15) is 11.3 Å². The fourth-order valence-electron chi connectivity index (χ4n) is 4.49. The summed E-state index contributed by atoms with van der Waals surface area (Å²) in [5.41, 5.74) is 8.08. The number of ether oxygens (including phenoxy) is 1. The van der Waals surface area contributed by atoms with Gasteiger partial charge in [-0.1, -0.05) is 18.1 Å². The van der Waals surface area contributed by atoms with E-state index in [9.17, 15) is 19.1 Å². The third-order valence-corrected chi connectivity index (χ3v) is 6.43. The monoisotopic (exact) mass is 545 g/mol. The summed E-state index contributed by atoms with van der Waals surface area (Å²) in [4.78, 5) is 35.2. The van der Waals surface area contributed by atoms with Crippen LogP contribution in [0.5, 0.6) is 0 Å². The second-order valence-electron chi connectivity index (χ2n) is 10.5. The van der Waals surface area contributed by atoms with Crippen LogP contribution in [0.2, 0.25) is 0 Å². The lowest BCUT2D eigenvalue weighted by molar-refractivity contribution is 0.0205. The second-order valence-corrected chi connectivity index (χ2v) is 10.5. The van der Waals surface area contributed by atoms with Crippen molar-refractivity contribution < 1.29 is 23.8 Å². The van der Waals surface area contributed by atoms with E-state index in [1.807, 2.05) is 45.0 Å². The maximum absolute atomic E-state index is 13.8. The zero-order chi connectivity index (χ0) is 28.9. The molecule has 0 spiro atoms. The van der Waals surface area contributed by atoms with Crippen LogP contribution in [0.15, 0.2) is 54.9 Å². The van der Waals surface area contributed by atoms with E-state index >= 15 is 0 Å². The largest absolute Gasteiger partial charge is 0.444 e. The zero-order valence-corrected chi connectivity index (χ0v) is 22.7. The van der Waals surface area contributed by atoms with Crippen molar-refractivity contribution in [3.05, 3.63) is 83.2 Å². The van der Waals surface area contributed by atoms with Crippen LogP contribution in [0.3, 0.4) is 0 Å². The Morgan fingerprint density at radius 2 is 1.82 bits per heavy atom. The Labute approximate surface area is 232 Å². The number of aromatic nitrogens is 2. The van der Waals surface area contributed by atoms with Gasteiger partial charge in [-0.3, -0.25) is 4.90 Å². The number of halogens is 1. The number of urea groups is 1. The van der Waals surface area contributed by atoms with E-state index in [2.05, 4.69) is 21.8 Å². The highest BCUT2D eigenvalue weighted by atomic mass is 19.1. The van der Waals surface area contributed by atoms with Gasteiger partial charge in [0, 0.05) is 42.7 Å². The molecule has 9 nitrogen and oxygen atoms in total. The molecule has 208 valence electrons. The fraction of sp³-hybridized carbons (Fsp3) is 0.333. The van der Waals surface area contributed by atoms with Gasteiger partial charge < -0.3 is 20.5 Å². The number of carbonyl (C=O) groups excluding carboxylic acids is 2. The standard InChI is InChI=1S/C30H32FN5O4/c1-30(2,3)40-29(39)35-14-11-22(12-15-35)21-7-4-20(5-8-21)6-9-24-16-25(10-13-33-24)36(28(32)38)26-17-27(31)34-18-23(26)19-37/h4-5,7-8,10,13,16-18,22,37H,11-12,14-15,19H2,1-3H3,(H2,32,38). The Morgan fingerprint density at radius 1 is 1.12 bits per heavy atom. The Balaban J connectivity index is 1.45. The van der Waals surface area contributed by atoms with Crippen LogP contribution in [0.25, 0.3) is 0 Å². The molecule has 10 heteroatoms. The maximum Gasteiger partial charge on any atom is 0.410 e. The molecule has 1 aromatic carbocycles. The third kappa shape index (κ3) is 7.12. The Kier molecular flexibility index (Phi) is 8.65. The van der Waals surface area contributed by atoms with Gasteiger partial charge >= 0.3 is 12.1 Å². The molecule has 1 aliphatic heterocycles. The highest BCUT2D eigenvalue weighted by molar-refractivity contribution is 5.99. The number of nitrogens with zero attached hydrogens (tertiary/aromatic N) is 4. The quantitative estimate of drug-likeness (QED) is 0.357. The molecular formula is C30H32FN5O4. The van der Waals surface area contributed by atoms with Gasteiger partial charge in [0.25, 0.3) is 0 Å². The summed E-state index contributed by atoms with van der Waals surface area (Å²) in [6.07, 6.45) is 4.07. The lowest BCUT2D eigenvalue weighted by atomic mass is 9.89. The summed E-state index contributed by atoms with van der Waals surface area (Å²) in [6, 6.07) is 11.2. The van der Waals surface area contributed by atoms with Crippen molar-refractivity contribution in [3.63, 3.8) is 0 Å².